The Morgan fingerprint density at radius 1 is 0.433 bits per heavy atom. The molecule has 6 heteroatoms. The van der Waals surface area contributed by atoms with Gasteiger partial charge in [0.15, 0.2) is 0 Å². The predicted octanol–water partition coefficient (Wildman–Crippen LogP) is 18.2. The summed E-state index contributed by atoms with van der Waals surface area (Å²) in [6.07, 6.45) is 71.0. The lowest BCUT2D eigenvalue weighted by molar-refractivity contribution is -0.143. The Labute approximate surface area is 416 Å². The second-order valence-corrected chi connectivity index (χ2v) is 20.0. The number of ether oxygens (including phenoxy) is 1. The minimum atomic E-state index is -0.672. The van der Waals surface area contributed by atoms with Gasteiger partial charge in [-0.25, -0.2) is 0 Å². The van der Waals surface area contributed by atoms with Gasteiger partial charge in [0, 0.05) is 12.8 Å². The predicted molar refractivity (Wildman–Crippen MR) is 292 cm³/mol. The number of hydrogen-bond acceptors (Lipinski definition) is 5. The summed E-state index contributed by atoms with van der Waals surface area (Å²) < 4.78 is 5.45. The van der Waals surface area contributed by atoms with Crippen molar-refractivity contribution >= 4 is 11.9 Å². The third-order valence-electron chi connectivity index (χ3n) is 13.4. The molecule has 1 amide bonds. The van der Waals surface area contributed by atoms with Crippen molar-refractivity contribution in [3.05, 3.63) is 48.6 Å². The molecule has 0 aliphatic rings. The van der Waals surface area contributed by atoms with Crippen LogP contribution in [0.2, 0.25) is 0 Å². The Bertz CT molecular complexity index is 1130. The van der Waals surface area contributed by atoms with Gasteiger partial charge in [0.1, 0.15) is 0 Å². The molecule has 0 aliphatic heterocycles. The molecule has 0 aromatic rings. The Hall–Kier alpha value is -2.18. The zero-order valence-electron chi connectivity index (χ0n) is 44.6. The van der Waals surface area contributed by atoms with E-state index in [1.54, 1.807) is 0 Å². The van der Waals surface area contributed by atoms with E-state index in [-0.39, 0.29) is 18.5 Å². The lowest BCUT2D eigenvalue weighted by Crippen LogP contribution is -2.45. The number of unbranched alkanes of at least 4 members (excludes halogenated alkanes) is 36. The Morgan fingerprint density at radius 3 is 1.24 bits per heavy atom. The van der Waals surface area contributed by atoms with E-state index in [1.807, 2.05) is 0 Å². The molecule has 0 spiro atoms. The molecule has 67 heavy (non-hydrogen) atoms. The number of esters is 1. The van der Waals surface area contributed by atoms with E-state index >= 15 is 0 Å². The maximum Gasteiger partial charge on any atom is 0.305 e. The van der Waals surface area contributed by atoms with Crippen molar-refractivity contribution in [3.63, 3.8) is 0 Å². The number of carbonyl (C=O) groups is 2. The van der Waals surface area contributed by atoms with Crippen LogP contribution in [-0.4, -0.2) is 47.4 Å². The minimum absolute atomic E-state index is 0.0271. The largest absolute Gasteiger partial charge is 0.466 e. The van der Waals surface area contributed by atoms with Gasteiger partial charge in [0.2, 0.25) is 5.91 Å². The summed E-state index contributed by atoms with van der Waals surface area (Å²) in [5.41, 5.74) is 0. The van der Waals surface area contributed by atoms with Crippen molar-refractivity contribution in [1.82, 2.24) is 5.32 Å². The molecule has 0 heterocycles. The summed E-state index contributed by atoms with van der Waals surface area (Å²) in [7, 11) is 0. The first-order chi connectivity index (χ1) is 33.0. The molecule has 0 aliphatic carbocycles. The highest BCUT2D eigenvalue weighted by Crippen LogP contribution is 2.17. The van der Waals surface area contributed by atoms with Gasteiger partial charge in [-0.2, -0.15) is 0 Å². The minimum Gasteiger partial charge on any atom is -0.466 e. The average molecular weight is 941 g/mol. The van der Waals surface area contributed by atoms with E-state index in [1.165, 1.54) is 193 Å². The fourth-order valence-corrected chi connectivity index (χ4v) is 8.84. The first-order valence-corrected chi connectivity index (χ1v) is 29.4. The molecule has 0 bridgehead atoms. The molecule has 392 valence electrons. The van der Waals surface area contributed by atoms with E-state index < -0.39 is 12.1 Å². The van der Waals surface area contributed by atoms with Crippen LogP contribution >= 0.6 is 0 Å². The number of aliphatic hydroxyl groups excluding tert-OH is 2. The first kappa shape index (κ1) is 64.8. The highest BCUT2D eigenvalue weighted by atomic mass is 16.5. The summed E-state index contributed by atoms with van der Waals surface area (Å²) in [6, 6.07) is -0.550. The van der Waals surface area contributed by atoms with Crippen molar-refractivity contribution in [2.24, 2.45) is 0 Å². The summed E-state index contributed by atoms with van der Waals surface area (Å²) in [6.45, 7) is 4.89. The number of carbonyl (C=O) groups excluding carboxylic acids is 2. The maximum absolute atomic E-state index is 12.5. The number of aliphatic hydroxyl groups is 2. The molecular formula is C61H113NO5. The van der Waals surface area contributed by atoms with Gasteiger partial charge >= 0.3 is 5.97 Å². The molecule has 0 saturated heterocycles. The summed E-state index contributed by atoms with van der Waals surface area (Å²) in [5.74, 6) is -0.0720. The molecule has 0 rings (SSSR count). The Kier molecular flexibility index (Phi) is 54.6. The highest BCUT2D eigenvalue weighted by molar-refractivity contribution is 5.76. The maximum atomic E-state index is 12.5. The van der Waals surface area contributed by atoms with Crippen LogP contribution in [-0.2, 0) is 14.3 Å². The van der Waals surface area contributed by atoms with E-state index in [4.69, 9.17) is 4.74 Å². The zero-order chi connectivity index (χ0) is 48.6. The van der Waals surface area contributed by atoms with Crippen LogP contribution < -0.4 is 5.32 Å². The van der Waals surface area contributed by atoms with Gasteiger partial charge in [-0.05, 0) is 89.9 Å². The highest BCUT2D eigenvalue weighted by Gasteiger charge is 2.20. The van der Waals surface area contributed by atoms with E-state index in [0.717, 1.165) is 77.0 Å². The van der Waals surface area contributed by atoms with Gasteiger partial charge in [0.25, 0.3) is 0 Å². The normalized spacial score (nSPS) is 13.0. The van der Waals surface area contributed by atoms with Gasteiger partial charge in [-0.1, -0.05) is 249 Å². The van der Waals surface area contributed by atoms with Gasteiger partial charge in [-0.3, -0.25) is 9.59 Å². The zero-order valence-corrected chi connectivity index (χ0v) is 44.6. The van der Waals surface area contributed by atoms with Crippen molar-refractivity contribution in [1.29, 1.82) is 0 Å². The van der Waals surface area contributed by atoms with Crippen LogP contribution in [0.15, 0.2) is 48.6 Å². The number of amides is 1. The average Bonchev–Trinajstić information content (AvgIpc) is 3.33. The number of rotatable bonds is 54. The SMILES string of the molecule is CCCCCC/C=C\C/C=C\CCCCCCCC(=O)OCCCCC/C=C\C=C/CCCCCCCCCCCCC(=O)NC(CO)C(O)CCCCCCCCCCCCCCCCC. The molecule has 0 aromatic carbocycles. The first-order valence-electron chi connectivity index (χ1n) is 29.4. The second-order valence-electron chi connectivity index (χ2n) is 20.0. The van der Waals surface area contributed by atoms with Gasteiger partial charge in [-0.15, -0.1) is 0 Å². The van der Waals surface area contributed by atoms with Crippen LogP contribution in [0.3, 0.4) is 0 Å². The lowest BCUT2D eigenvalue weighted by atomic mass is 10.0. The fourth-order valence-electron chi connectivity index (χ4n) is 8.84. The quantitative estimate of drug-likeness (QED) is 0.0244. The van der Waals surface area contributed by atoms with Crippen molar-refractivity contribution in [2.75, 3.05) is 13.2 Å². The summed E-state index contributed by atoms with van der Waals surface area (Å²) in [4.78, 5) is 24.5. The third kappa shape index (κ3) is 53.0. The van der Waals surface area contributed by atoms with Crippen LogP contribution in [0.5, 0.6) is 0 Å². The van der Waals surface area contributed by atoms with Crippen molar-refractivity contribution in [2.45, 2.75) is 315 Å². The van der Waals surface area contributed by atoms with E-state index in [9.17, 15) is 19.8 Å². The van der Waals surface area contributed by atoms with E-state index in [2.05, 4.69) is 67.8 Å². The standard InChI is InChI=1S/C61H113NO5/c1-3-5-7-9-11-13-15-17-19-27-31-35-39-43-47-51-55-61(66)67-56-52-48-44-40-36-32-28-24-22-20-21-23-26-30-34-38-42-46-50-54-60(65)62-58(57-63)59(64)53-49-45-41-37-33-29-25-18-16-14-12-10-8-6-4-2/h13,15,19,24,27-28,32,36,58-59,63-64H,3-12,14,16-18,20-23,25-26,29-31,33-35,37-57H2,1-2H3,(H,62,65)/b15-13-,27-19-,28-24-,36-32-. The molecule has 0 saturated carbocycles. The smallest absolute Gasteiger partial charge is 0.305 e. The van der Waals surface area contributed by atoms with Crippen molar-refractivity contribution in [3.8, 4) is 0 Å². The van der Waals surface area contributed by atoms with Gasteiger partial charge in [0.05, 0.1) is 25.4 Å². The lowest BCUT2D eigenvalue weighted by Gasteiger charge is -2.22. The topological polar surface area (TPSA) is 95.9 Å². The summed E-state index contributed by atoms with van der Waals surface area (Å²) >= 11 is 0. The fraction of sp³-hybridized carbons (Fsp3) is 0.836. The van der Waals surface area contributed by atoms with Crippen LogP contribution in [0.25, 0.3) is 0 Å². The molecule has 2 atom stereocenters. The molecular weight excluding hydrogens is 827 g/mol. The number of nitrogens with one attached hydrogen (secondary N) is 1. The number of hydrogen-bond donors (Lipinski definition) is 3. The van der Waals surface area contributed by atoms with Crippen LogP contribution in [0.1, 0.15) is 303 Å². The van der Waals surface area contributed by atoms with Crippen LogP contribution in [0, 0.1) is 0 Å². The second kappa shape index (κ2) is 56.4. The van der Waals surface area contributed by atoms with Gasteiger partial charge < -0.3 is 20.3 Å². The molecule has 0 aromatic heterocycles. The third-order valence-corrected chi connectivity index (χ3v) is 13.4. The Morgan fingerprint density at radius 2 is 0.791 bits per heavy atom. The molecule has 3 N–H and O–H groups in total. The van der Waals surface area contributed by atoms with Crippen molar-refractivity contribution < 1.29 is 24.5 Å². The number of allylic oxidation sites excluding steroid dienone is 8. The molecule has 2 unspecified atom stereocenters. The molecule has 0 radical (unpaired) electrons. The summed E-state index contributed by atoms with van der Waals surface area (Å²) in [5, 5.41) is 23.3. The van der Waals surface area contributed by atoms with Crippen LogP contribution in [0.4, 0.5) is 0 Å². The van der Waals surface area contributed by atoms with E-state index in [0.29, 0.717) is 25.9 Å². The molecule has 0 fully saturated rings. The Balaban J connectivity index is 3.49. The monoisotopic (exact) mass is 940 g/mol. The molecule has 6 nitrogen and oxygen atoms in total.